The van der Waals surface area contributed by atoms with Gasteiger partial charge in [-0.05, 0) is 56.5 Å². The van der Waals surface area contributed by atoms with Crippen LogP contribution in [-0.2, 0) is 6.54 Å². The number of hydrogen-bond donors (Lipinski definition) is 1. The van der Waals surface area contributed by atoms with Crippen LogP contribution >= 0.6 is 0 Å². The van der Waals surface area contributed by atoms with Crippen LogP contribution in [0.5, 0.6) is 0 Å². The monoisotopic (exact) mass is 354 g/mol. The van der Waals surface area contributed by atoms with Crippen molar-refractivity contribution in [2.75, 3.05) is 18.0 Å². The average Bonchev–Trinajstić information content (AvgIpc) is 3.04. The van der Waals surface area contributed by atoms with E-state index >= 15 is 0 Å². The quantitative estimate of drug-likeness (QED) is 0.772. The van der Waals surface area contributed by atoms with Crippen molar-refractivity contribution in [3.63, 3.8) is 0 Å². The van der Waals surface area contributed by atoms with Crippen molar-refractivity contribution >= 4 is 16.9 Å². The molecular formula is C20H23FN4O. The second kappa shape index (κ2) is 7.41. The Kier molecular flexibility index (Phi) is 4.84. The van der Waals surface area contributed by atoms with E-state index in [2.05, 4.69) is 20.2 Å². The average molecular weight is 354 g/mol. The fourth-order valence-corrected chi connectivity index (χ4v) is 3.54. The minimum Gasteiger partial charge on any atom is -0.468 e. The number of aromatic nitrogens is 2. The number of nitrogens with zero attached hydrogens (tertiary/aromatic N) is 3. The van der Waals surface area contributed by atoms with E-state index in [-0.39, 0.29) is 5.82 Å². The van der Waals surface area contributed by atoms with E-state index in [0.29, 0.717) is 6.04 Å². The molecule has 3 heterocycles. The van der Waals surface area contributed by atoms with Gasteiger partial charge in [-0.25, -0.2) is 14.4 Å². The number of anilines is 1. The minimum absolute atomic E-state index is 0.253. The number of aryl methyl sites for hydroxylation is 1. The van der Waals surface area contributed by atoms with Crippen LogP contribution in [0.25, 0.3) is 10.9 Å². The van der Waals surface area contributed by atoms with Crippen molar-refractivity contribution < 1.29 is 8.81 Å². The van der Waals surface area contributed by atoms with E-state index in [1.807, 2.05) is 19.1 Å². The van der Waals surface area contributed by atoms with Gasteiger partial charge in [0.15, 0.2) is 0 Å². The summed E-state index contributed by atoms with van der Waals surface area (Å²) in [4.78, 5) is 11.5. The Hall–Kier alpha value is -2.47. The normalized spacial score (nSPS) is 18.2. The molecule has 5 nitrogen and oxygen atoms in total. The van der Waals surface area contributed by atoms with Crippen LogP contribution in [0.1, 0.15) is 30.7 Å². The lowest BCUT2D eigenvalue weighted by molar-refractivity contribution is 0.422. The lowest BCUT2D eigenvalue weighted by Crippen LogP contribution is -2.31. The predicted molar refractivity (Wildman–Crippen MR) is 99.6 cm³/mol. The number of halogens is 1. The molecule has 1 N–H and O–H groups in total. The molecule has 3 aromatic rings. The van der Waals surface area contributed by atoms with Crippen LogP contribution < -0.4 is 10.2 Å². The second-order valence-corrected chi connectivity index (χ2v) is 6.85. The summed E-state index contributed by atoms with van der Waals surface area (Å²) in [6.07, 6.45) is 4.94. The number of furan rings is 1. The van der Waals surface area contributed by atoms with Crippen LogP contribution in [0.3, 0.4) is 0 Å². The SMILES string of the molecule is Cc1nc(N2CCC[C@H](NCc3ccco3)CC2)nc2ccc(F)cc12. The zero-order valence-electron chi connectivity index (χ0n) is 14.9. The first-order chi connectivity index (χ1) is 12.7. The number of rotatable bonds is 4. The highest BCUT2D eigenvalue weighted by atomic mass is 19.1. The third-order valence-electron chi connectivity index (χ3n) is 4.99. The molecule has 2 aromatic heterocycles. The maximum Gasteiger partial charge on any atom is 0.226 e. The molecule has 1 saturated heterocycles. The van der Waals surface area contributed by atoms with Crippen molar-refractivity contribution in [2.45, 2.75) is 38.8 Å². The third-order valence-corrected chi connectivity index (χ3v) is 4.99. The van der Waals surface area contributed by atoms with Gasteiger partial charge < -0.3 is 14.6 Å². The Morgan fingerprint density at radius 1 is 1.23 bits per heavy atom. The summed E-state index contributed by atoms with van der Waals surface area (Å²) < 4.78 is 18.9. The van der Waals surface area contributed by atoms with Crippen LogP contribution in [0.15, 0.2) is 41.0 Å². The van der Waals surface area contributed by atoms with Gasteiger partial charge in [-0.3, -0.25) is 0 Å². The second-order valence-electron chi connectivity index (χ2n) is 6.85. The van der Waals surface area contributed by atoms with Gasteiger partial charge in [0.25, 0.3) is 0 Å². The Bertz CT molecular complexity index is 881. The number of fused-ring (bicyclic) bond motifs is 1. The molecule has 4 rings (SSSR count). The molecule has 1 aromatic carbocycles. The maximum atomic E-state index is 13.5. The molecule has 1 aliphatic rings. The van der Waals surface area contributed by atoms with Gasteiger partial charge in [-0.2, -0.15) is 0 Å². The molecule has 0 spiro atoms. The number of hydrogen-bond acceptors (Lipinski definition) is 5. The Morgan fingerprint density at radius 2 is 2.15 bits per heavy atom. The summed E-state index contributed by atoms with van der Waals surface area (Å²) in [5, 5.41) is 4.36. The van der Waals surface area contributed by atoms with Crippen molar-refractivity contribution in [1.29, 1.82) is 0 Å². The lowest BCUT2D eigenvalue weighted by Gasteiger charge is -2.21. The van der Waals surface area contributed by atoms with Crippen molar-refractivity contribution in [2.24, 2.45) is 0 Å². The number of nitrogens with one attached hydrogen (secondary N) is 1. The maximum absolute atomic E-state index is 13.5. The molecule has 1 aliphatic heterocycles. The van der Waals surface area contributed by atoms with E-state index in [1.54, 1.807) is 12.3 Å². The third kappa shape index (κ3) is 3.70. The zero-order valence-corrected chi connectivity index (χ0v) is 14.9. The smallest absolute Gasteiger partial charge is 0.226 e. The van der Waals surface area contributed by atoms with Crippen LogP contribution in [0, 0.1) is 12.7 Å². The molecule has 0 aliphatic carbocycles. The molecule has 0 amide bonds. The van der Waals surface area contributed by atoms with Gasteiger partial charge in [0.05, 0.1) is 24.0 Å². The molecule has 1 atom stereocenters. The van der Waals surface area contributed by atoms with Crippen molar-refractivity contribution in [1.82, 2.24) is 15.3 Å². The fraction of sp³-hybridized carbons (Fsp3) is 0.400. The number of benzene rings is 1. The molecule has 136 valence electrons. The molecule has 1 fully saturated rings. The van der Waals surface area contributed by atoms with Gasteiger partial charge >= 0.3 is 0 Å². The van der Waals surface area contributed by atoms with Crippen molar-refractivity contribution in [3.8, 4) is 0 Å². The van der Waals surface area contributed by atoms with E-state index in [4.69, 9.17) is 4.42 Å². The molecular weight excluding hydrogens is 331 g/mol. The first-order valence-corrected chi connectivity index (χ1v) is 9.13. The lowest BCUT2D eigenvalue weighted by atomic mass is 10.1. The van der Waals surface area contributed by atoms with E-state index in [0.717, 1.165) is 67.2 Å². The summed E-state index contributed by atoms with van der Waals surface area (Å²) in [7, 11) is 0. The van der Waals surface area contributed by atoms with Gasteiger partial charge in [0.1, 0.15) is 11.6 Å². The highest BCUT2D eigenvalue weighted by molar-refractivity contribution is 5.81. The Labute approximate surface area is 152 Å². The molecule has 0 unspecified atom stereocenters. The Morgan fingerprint density at radius 3 is 3.00 bits per heavy atom. The topological polar surface area (TPSA) is 54.2 Å². The first-order valence-electron chi connectivity index (χ1n) is 9.13. The molecule has 0 bridgehead atoms. The van der Waals surface area contributed by atoms with Crippen LogP contribution in [0.2, 0.25) is 0 Å². The van der Waals surface area contributed by atoms with Gasteiger partial charge in [-0.15, -0.1) is 0 Å². The largest absolute Gasteiger partial charge is 0.468 e. The highest BCUT2D eigenvalue weighted by Crippen LogP contribution is 2.22. The van der Waals surface area contributed by atoms with Gasteiger partial charge in [0.2, 0.25) is 5.95 Å². The predicted octanol–water partition coefficient (Wildman–Crippen LogP) is 3.82. The minimum atomic E-state index is -0.253. The summed E-state index contributed by atoms with van der Waals surface area (Å²) in [5.74, 6) is 1.46. The molecule has 0 radical (unpaired) electrons. The summed E-state index contributed by atoms with van der Waals surface area (Å²) in [6, 6.07) is 9.05. The highest BCUT2D eigenvalue weighted by Gasteiger charge is 2.19. The molecule has 0 saturated carbocycles. The van der Waals surface area contributed by atoms with Crippen LogP contribution in [-0.4, -0.2) is 29.1 Å². The van der Waals surface area contributed by atoms with Crippen molar-refractivity contribution in [3.05, 3.63) is 53.9 Å². The van der Waals surface area contributed by atoms with E-state index in [1.165, 1.54) is 12.1 Å². The van der Waals surface area contributed by atoms with Gasteiger partial charge in [-0.1, -0.05) is 0 Å². The zero-order chi connectivity index (χ0) is 17.9. The molecule has 6 heteroatoms. The van der Waals surface area contributed by atoms with Crippen LogP contribution in [0.4, 0.5) is 10.3 Å². The fourth-order valence-electron chi connectivity index (χ4n) is 3.54. The first kappa shape index (κ1) is 17.0. The molecule has 26 heavy (non-hydrogen) atoms. The van der Waals surface area contributed by atoms with Gasteiger partial charge in [0, 0.05) is 24.5 Å². The standard InChI is InChI=1S/C20H23FN4O/c1-14-18-12-15(21)6-7-19(18)24-20(23-14)25-9-2-4-16(8-10-25)22-13-17-5-3-11-26-17/h3,5-7,11-12,16,22H,2,4,8-10,13H2,1H3/t16-/m0/s1. The Balaban J connectivity index is 1.45. The summed E-state index contributed by atoms with van der Waals surface area (Å²) in [6.45, 7) is 4.51. The van der Waals surface area contributed by atoms with E-state index in [9.17, 15) is 4.39 Å². The summed E-state index contributed by atoms with van der Waals surface area (Å²) in [5.41, 5.74) is 1.62. The van der Waals surface area contributed by atoms with E-state index < -0.39 is 0 Å². The summed E-state index contributed by atoms with van der Waals surface area (Å²) >= 11 is 0.